The lowest BCUT2D eigenvalue weighted by Crippen LogP contribution is -2.47. The topological polar surface area (TPSA) is 113 Å². The average Bonchev–Trinajstić information content (AvgIpc) is 2.82. The van der Waals surface area contributed by atoms with Crippen LogP contribution in [0.2, 0.25) is 0 Å². The van der Waals surface area contributed by atoms with Gasteiger partial charge in [-0.25, -0.2) is 9.59 Å². The van der Waals surface area contributed by atoms with Crippen molar-refractivity contribution in [3.05, 3.63) is 0 Å². The van der Waals surface area contributed by atoms with Crippen LogP contribution in [0.25, 0.3) is 0 Å². The van der Waals surface area contributed by atoms with E-state index in [1.54, 1.807) is 4.90 Å². The van der Waals surface area contributed by atoms with Crippen molar-refractivity contribution in [3.63, 3.8) is 0 Å². The van der Waals surface area contributed by atoms with Gasteiger partial charge < -0.3 is 21.1 Å². The summed E-state index contributed by atoms with van der Waals surface area (Å²) in [5.41, 5.74) is 4.99. The highest BCUT2D eigenvalue weighted by Crippen LogP contribution is 2.20. The van der Waals surface area contributed by atoms with Crippen LogP contribution in [0.4, 0.5) is 4.79 Å². The number of nitrogens with zero attached hydrogens (tertiary/aromatic N) is 1. The van der Waals surface area contributed by atoms with Gasteiger partial charge >= 0.3 is 12.0 Å². The summed E-state index contributed by atoms with van der Waals surface area (Å²) in [6, 6.07) is -1.44. The second-order valence-electron chi connectivity index (χ2n) is 5.23. The lowest BCUT2D eigenvalue weighted by Gasteiger charge is -2.21. The lowest BCUT2D eigenvalue weighted by molar-refractivity contribution is -0.139. The zero-order chi connectivity index (χ0) is 15.1. The number of carbonyl (C=O) groups is 3. The van der Waals surface area contributed by atoms with Crippen LogP contribution in [0, 0.1) is 5.92 Å². The first-order chi connectivity index (χ1) is 9.43. The highest BCUT2D eigenvalue weighted by molar-refractivity contribution is 5.83. The molecule has 0 aromatic rings. The van der Waals surface area contributed by atoms with Crippen LogP contribution in [-0.4, -0.2) is 47.0 Å². The third kappa shape index (κ3) is 5.07. The number of urea groups is 1. The van der Waals surface area contributed by atoms with Gasteiger partial charge in [0.2, 0.25) is 5.91 Å². The van der Waals surface area contributed by atoms with E-state index in [9.17, 15) is 14.4 Å². The predicted molar refractivity (Wildman–Crippen MR) is 73.0 cm³/mol. The summed E-state index contributed by atoms with van der Waals surface area (Å²) in [6.07, 6.45) is 3.07. The smallest absolute Gasteiger partial charge is 0.326 e. The molecule has 4 N–H and O–H groups in total. The monoisotopic (exact) mass is 285 g/mol. The van der Waals surface area contributed by atoms with Crippen LogP contribution in [0.1, 0.15) is 39.0 Å². The Balaban J connectivity index is 2.46. The van der Waals surface area contributed by atoms with Crippen molar-refractivity contribution in [1.29, 1.82) is 0 Å². The molecule has 2 unspecified atom stereocenters. The van der Waals surface area contributed by atoms with Gasteiger partial charge in [0.25, 0.3) is 0 Å². The van der Waals surface area contributed by atoms with Crippen LogP contribution in [0.3, 0.4) is 0 Å². The van der Waals surface area contributed by atoms with Gasteiger partial charge in [0, 0.05) is 19.5 Å². The Morgan fingerprint density at radius 3 is 2.70 bits per heavy atom. The summed E-state index contributed by atoms with van der Waals surface area (Å²) in [5.74, 6) is -1.22. The molecule has 0 radical (unpaired) electrons. The molecule has 1 aliphatic rings. The summed E-state index contributed by atoms with van der Waals surface area (Å²) in [7, 11) is 0. The maximum atomic E-state index is 12.0. The molecule has 3 amide bonds. The standard InChI is InChI=1S/C13H23N3O4/c1-2-3-9-6-7-16(8-9)13(20)15-10(12(18)19)4-5-11(14)17/h9-10H,2-8H2,1H3,(H2,14,17)(H,15,20)(H,18,19). The van der Waals surface area contributed by atoms with E-state index >= 15 is 0 Å². The minimum absolute atomic E-state index is 0.0165. The van der Waals surface area contributed by atoms with Crippen LogP contribution in [-0.2, 0) is 9.59 Å². The Labute approximate surface area is 118 Å². The Morgan fingerprint density at radius 1 is 1.45 bits per heavy atom. The number of hydrogen-bond acceptors (Lipinski definition) is 3. The third-order valence-electron chi connectivity index (χ3n) is 3.55. The van der Waals surface area contributed by atoms with Gasteiger partial charge in [-0.05, 0) is 25.2 Å². The van der Waals surface area contributed by atoms with Gasteiger partial charge in [-0.2, -0.15) is 0 Å². The van der Waals surface area contributed by atoms with Crippen LogP contribution in [0.5, 0.6) is 0 Å². The number of amides is 3. The Hall–Kier alpha value is -1.79. The van der Waals surface area contributed by atoms with Crippen LogP contribution in [0.15, 0.2) is 0 Å². The van der Waals surface area contributed by atoms with Gasteiger partial charge in [0.05, 0.1) is 0 Å². The van der Waals surface area contributed by atoms with E-state index in [1.807, 2.05) is 0 Å². The summed E-state index contributed by atoms with van der Waals surface area (Å²) >= 11 is 0. The van der Waals surface area contributed by atoms with Gasteiger partial charge in [-0.1, -0.05) is 13.3 Å². The molecule has 0 bridgehead atoms. The molecule has 20 heavy (non-hydrogen) atoms. The van der Waals surface area contributed by atoms with E-state index in [0.29, 0.717) is 19.0 Å². The van der Waals surface area contributed by atoms with Crippen molar-refractivity contribution in [2.75, 3.05) is 13.1 Å². The van der Waals surface area contributed by atoms with Gasteiger partial charge in [0.15, 0.2) is 0 Å². The zero-order valence-electron chi connectivity index (χ0n) is 11.8. The normalized spacial score (nSPS) is 19.6. The number of primary amides is 1. The van der Waals surface area contributed by atoms with Crippen molar-refractivity contribution >= 4 is 17.9 Å². The van der Waals surface area contributed by atoms with Gasteiger partial charge in [0.1, 0.15) is 6.04 Å². The number of likely N-dealkylation sites (tertiary alicyclic amines) is 1. The molecule has 0 saturated carbocycles. The zero-order valence-corrected chi connectivity index (χ0v) is 11.8. The predicted octanol–water partition coefficient (Wildman–Crippen LogP) is 0.537. The number of aliphatic carboxylic acids is 1. The van der Waals surface area contributed by atoms with Gasteiger partial charge in [-0.15, -0.1) is 0 Å². The molecule has 1 fully saturated rings. The molecule has 1 heterocycles. The van der Waals surface area contributed by atoms with Crippen molar-refractivity contribution in [1.82, 2.24) is 10.2 Å². The van der Waals surface area contributed by atoms with Gasteiger partial charge in [-0.3, -0.25) is 4.79 Å². The quantitative estimate of drug-likeness (QED) is 0.633. The fraction of sp³-hybridized carbons (Fsp3) is 0.769. The molecule has 7 nitrogen and oxygen atoms in total. The van der Waals surface area contributed by atoms with E-state index in [-0.39, 0.29) is 18.9 Å². The first-order valence-corrected chi connectivity index (χ1v) is 7.00. The number of hydrogen-bond donors (Lipinski definition) is 3. The molecule has 1 aliphatic heterocycles. The number of nitrogens with two attached hydrogens (primary N) is 1. The summed E-state index contributed by atoms with van der Waals surface area (Å²) in [5, 5.41) is 11.5. The summed E-state index contributed by atoms with van der Waals surface area (Å²) < 4.78 is 0. The molecule has 1 rings (SSSR count). The molecule has 0 aliphatic carbocycles. The van der Waals surface area contributed by atoms with E-state index in [2.05, 4.69) is 12.2 Å². The van der Waals surface area contributed by atoms with E-state index < -0.39 is 17.9 Å². The second-order valence-corrected chi connectivity index (χ2v) is 5.23. The molecule has 0 spiro atoms. The number of nitrogens with one attached hydrogen (secondary N) is 1. The first-order valence-electron chi connectivity index (χ1n) is 7.00. The Kier molecular flexibility index (Phi) is 6.27. The maximum absolute atomic E-state index is 12.0. The molecule has 114 valence electrons. The molecule has 7 heteroatoms. The fourth-order valence-electron chi connectivity index (χ4n) is 2.45. The molecule has 1 saturated heterocycles. The minimum atomic E-state index is -1.15. The van der Waals surface area contributed by atoms with Crippen LogP contribution >= 0.6 is 0 Å². The van der Waals surface area contributed by atoms with Crippen molar-refractivity contribution in [2.24, 2.45) is 11.7 Å². The third-order valence-corrected chi connectivity index (χ3v) is 3.55. The molecule has 0 aromatic carbocycles. The summed E-state index contributed by atoms with van der Waals surface area (Å²) in [4.78, 5) is 35.4. The molecular formula is C13H23N3O4. The lowest BCUT2D eigenvalue weighted by atomic mass is 10.0. The fourth-order valence-corrected chi connectivity index (χ4v) is 2.45. The SMILES string of the molecule is CCCC1CCN(C(=O)NC(CCC(N)=O)C(=O)O)C1. The van der Waals surface area contributed by atoms with E-state index in [4.69, 9.17) is 10.8 Å². The highest BCUT2D eigenvalue weighted by Gasteiger charge is 2.28. The van der Waals surface area contributed by atoms with E-state index in [1.165, 1.54) is 0 Å². The van der Waals surface area contributed by atoms with Crippen molar-refractivity contribution < 1.29 is 19.5 Å². The first kappa shape index (κ1) is 16.3. The number of carbonyl (C=O) groups excluding carboxylic acids is 2. The largest absolute Gasteiger partial charge is 0.480 e. The Morgan fingerprint density at radius 2 is 2.15 bits per heavy atom. The highest BCUT2D eigenvalue weighted by atomic mass is 16.4. The number of carboxylic acids is 1. The number of carboxylic acid groups (broad SMARTS) is 1. The summed E-state index contributed by atoms with van der Waals surface area (Å²) in [6.45, 7) is 3.42. The van der Waals surface area contributed by atoms with Crippen molar-refractivity contribution in [2.45, 2.75) is 45.1 Å². The average molecular weight is 285 g/mol. The minimum Gasteiger partial charge on any atom is -0.480 e. The molecule has 2 atom stereocenters. The van der Waals surface area contributed by atoms with E-state index in [0.717, 1.165) is 19.3 Å². The maximum Gasteiger partial charge on any atom is 0.326 e. The number of rotatable bonds is 7. The second kappa shape index (κ2) is 7.72. The Bertz CT molecular complexity index is 373. The van der Waals surface area contributed by atoms with Crippen LogP contribution < -0.4 is 11.1 Å². The molecular weight excluding hydrogens is 262 g/mol. The van der Waals surface area contributed by atoms with Crippen molar-refractivity contribution in [3.8, 4) is 0 Å². The molecule has 0 aromatic heterocycles.